The lowest BCUT2D eigenvalue weighted by Crippen LogP contribution is -2.48. The SMILES string of the molecule is C.C.CC(C)(O)C(=O)N1CCC(CNc2ccc3ncc(-c4cccc(OC(F)(F)F)c4)n3n2)CC1.CC(C)(O)C(=O)O.FC(F)(F)Oc1cccc(-c2cnc3ccc(NCC4CCNCC4)nn23)c1. The number of carbonyl (C=O) groups is 2. The van der Waals surface area contributed by atoms with Crippen molar-refractivity contribution in [2.75, 3.05) is 49.9 Å². The van der Waals surface area contributed by atoms with Crippen LogP contribution in [0.1, 0.15) is 68.2 Å². The van der Waals surface area contributed by atoms with E-state index in [1.165, 1.54) is 64.1 Å². The normalized spacial score (nSPS) is 14.7. The minimum absolute atomic E-state index is 0. The first-order valence-corrected chi connectivity index (χ1v) is 22.0. The summed E-state index contributed by atoms with van der Waals surface area (Å²) in [5.74, 6) is 0.177. The molecule has 23 heteroatoms. The predicted octanol–water partition coefficient (Wildman–Crippen LogP) is 8.54. The number of halogens is 6. The number of benzene rings is 2. The first kappa shape index (κ1) is 56.9. The highest BCUT2D eigenvalue weighted by atomic mass is 19.4. The summed E-state index contributed by atoms with van der Waals surface area (Å²) in [7, 11) is 0. The van der Waals surface area contributed by atoms with Crippen LogP contribution in [0, 0.1) is 11.8 Å². The molecule has 2 saturated heterocycles. The molecule has 6 heterocycles. The maximum Gasteiger partial charge on any atom is 0.573 e. The molecule has 71 heavy (non-hydrogen) atoms. The second kappa shape index (κ2) is 23.9. The molecule has 0 atom stereocenters. The number of rotatable bonds is 12. The van der Waals surface area contributed by atoms with Gasteiger partial charge >= 0.3 is 18.7 Å². The monoisotopic (exact) mass is 1000 g/mol. The Labute approximate surface area is 407 Å². The van der Waals surface area contributed by atoms with E-state index in [9.17, 15) is 41.0 Å². The van der Waals surface area contributed by atoms with Crippen LogP contribution in [0.25, 0.3) is 33.8 Å². The third-order valence-electron chi connectivity index (χ3n) is 11.0. The summed E-state index contributed by atoms with van der Waals surface area (Å²) in [6.45, 7) is 10.1. The molecular formula is C48H62F6N10O7. The first-order valence-electron chi connectivity index (χ1n) is 22.0. The van der Waals surface area contributed by atoms with Gasteiger partial charge in [-0.25, -0.2) is 23.8 Å². The fourth-order valence-corrected chi connectivity index (χ4v) is 7.34. The summed E-state index contributed by atoms with van der Waals surface area (Å²) in [5, 5.41) is 45.5. The molecule has 2 aromatic carbocycles. The number of ether oxygens (including phenoxy) is 2. The number of imidazole rings is 2. The Hall–Kier alpha value is -6.72. The first-order chi connectivity index (χ1) is 32.4. The van der Waals surface area contributed by atoms with Crippen molar-refractivity contribution in [1.29, 1.82) is 0 Å². The van der Waals surface area contributed by atoms with Crippen molar-refractivity contribution in [3.63, 3.8) is 0 Å². The lowest BCUT2D eigenvalue weighted by Gasteiger charge is -2.35. The highest BCUT2D eigenvalue weighted by Crippen LogP contribution is 2.31. The van der Waals surface area contributed by atoms with Crippen LogP contribution in [0.15, 0.2) is 85.2 Å². The summed E-state index contributed by atoms with van der Waals surface area (Å²) in [5.41, 5.74) is 0.370. The lowest BCUT2D eigenvalue weighted by atomic mass is 9.95. The van der Waals surface area contributed by atoms with Gasteiger partial charge < -0.3 is 45.6 Å². The topological polar surface area (TPSA) is 213 Å². The highest BCUT2D eigenvalue weighted by molar-refractivity contribution is 5.84. The second-order valence-electron chi connectivity index (χ2n) is 17.5. The Morgan fingerprint density at radius 2 is 1.07 bits per heavy atom. The van der Waals surface area contributed by atoms with Crippen LogP contribution >= 0.6 is 0 Å². The molecule has 0 radical (unpaired) electrons. The molecule has 2 fully saturated rings. The van der Waals surface area contributed by atoms with Gasteiger partial charge in [-0.1, -0.05) is 39.1 Å². The van der Waals surface area contributed by atoms with Gasteiger partial charge in [0, 0.05) is 37.3 Å². The zero-order valence-electron chi connectivity index (χ0n) is 38.2. The minimum atomic E-state index is -4.77. The third-order valence-corrected chi connectivity index (χ3v) is 11.0. The summed E-state index contributed by atoms with van der Waals surface area (Å²) in [6.07, 6.45) is -2.51. The van der Waals surface area contributed by atoms with Crippen molar-refractivity contribution >= 4 is 34.8 Å². The Balaban J connectivity index is 0.000000269. The molecule has 6 aromatic rings. The van der Waals surface area contributed by atoms with Crippen molar-refractivity contribution in [3.05, 3.63) is 85.2 Å². The van der Waals surface area contributed by atoms with Crippen molar-refractivity contribution in [2.24, 2.45) is 11.8 Å². The van der Waals surface area contributed by atoms with E-state index >= 15 is 0 Å². The van der Waals surface area contributed by atoms with Gasteiger partial charge in [-0.2, -0.15) is 0 Å². The maximum absolute atomic E-state index is 12.6. The van der Waals surface area contributed by atoms with E-state index < -0.39 is 29.9 Å². The van der Waals surface area contributed by atoms with Crippen LogP contribution in [0.3, 0.4) is 0 Å². The molecule has 17 nitrogen and oxygen atoms in total. The van der Waals surface area contributed by atoms with Crippen LogP contribution in [0.2, 0.25) is 0 Å². The van der Waals surface area contributed by atoms with E-state index in [-0.39, 0.29) is 32.3 Å². The largest absolute Gasteiger partial charge is 0.573 e. The van der Waals surface area contributed by atoms with Gasteiger partial charge in [0.2, 0.25) is 0 Å². The van der Waals surface area contributed by atoms with Crippen molar-refractivity contribution < 1.29 is 60.7 Å². The van der Waals surface area contributed by atoms with Gasteiger partial charge in [-0.05, 0) is 127 Å². The lowest BCUT2D eigenvalue weighted by molar-refractivity contribution is -0.275. The van der Waals surface area contributed by atoms with Gasteiger partial charge in [0.15, 0.2) is 16.9 Å². The van der Waals surface area contributed by atoms with Crippen molar-refractivity contribution in [1.82, 2.24) is 39.4 Å². The maximum atomic E-state index is 12.6. The second-order valence-corrected chi connectivity index (χ2v) is 17.5. The number of carbonyl (C=O) groups excluding carboxylic acids is 1. The quantitative estimate of drug-likeness (QED) is 0.0635. The number of amides is 1. The molecule has 8 rings (SSSR count). The number of nitrogens with zero attached hydrogens (tertiary/aromatic N) is 7. The molecule has 0 aliphatic carbocycles. The number of fused-ring (bicyclic) bond motifs is 2. The van der Waals surface area contributed by atoms with Gasteiger partial charge in [-0.15, -0.1) is 36.5 Å². The Kier molecular flexibility index (Phi) is 19.2. The van der Waals surface area contributed by atoms with E-state index in [0.29, 0.717) is 76.9 Å². The third kappa shape index (κ3) is 16.7. The van der Waals surface area contributed by atoms with Gasteiger partial charge in [0.25, 0.3) is 5.91 Å². The fourth-order valence-electron chi connectivity index (χ4n) is 7.34. The number of carboxylic acids is 1. The van der Waals surface area contributed by atoms with E-state index in [1.54, 1.807) is 50.6 Å². The summed E-state index contributed by atoms with van der Waals surface area (Å²) in [4.78, 5) is 32.3. The number of likely N-dealkylation sites (tertiary alicyclic amines) is 1. The Bertz CT molecular complexity index is 2670. The molecule has 0 unspecified atom stereocenters. The minimum Gasteiger partial charge on any atom is -0.479 e. The number of anilines is 2. The number of piperidine rings is 2. The number of alkyl halides is 6. The Morgan fingerprint density at radius 1 is 0.662 bits per heavy atom. The smallest absolute Gasteiger partial charge is 0.479 e. The zero-order valence-corrected chi connectivity index (χ0v) is 38.2. The fraction of sp³-hybridized carbons (Fsp3) is 0.458. The molecule has 0 spiro atoms. The number of hydrogen-bond acceptors (Lipinski definition) is 13. The van der Waals surface area contributed by atoms with E-state index in [1.807, 2.05) is 12.1 Å². The average Bonchev–Trinajstić information content (AvgIpc) is 3.91. The molecular weight excluding hydrogens is 943 g/mol. The highest BCUT2D eigenvalue weighted by Gasteiger charge is 2.33. The summed E-state index contributed by atoms with van der Waals surface area (Å²) >= 11 is 0. The molecule has 1 amide bonds. The Morgan fingerprint density at radius 3 is 1.45 bits per heavy atom. The van der Waals surface area contributed by atoms with Gasteiger partial charge in [0.05, 0.1) is 23.8 Å². The van der Waals surface area contributed by atoms with Crippen molar-refractivity contribution in [3.8, 4) is 34.0 Å². The van der Waals surface area contributed by atoms with Crippen LogP contribution in [-0.4, -0.2) is 124 Å². The van der Waals surface area contributed by atoms with Gasteiger partial charge in [0.1, 0.15) is 28.7 Å². The molecule has 6 N–H and O–H groups in total. The number of aliphatic hydroxyl groups is 2. The number of nitrogens with one attached hydrogen (secondary N) is 3. The number of hydrogen-bond donors (Lipinski definition) is 6. The van der Waals surface area contributed by atoms with Crippen LogP contribution in [-0.2, 0) is 9.59 Å². The molecule has 0 saturated carbocycles. The van der Waals surface area contributed by atoms with Crippen molar-refractivity contribution in [2.45, 2.75) is 92.2 Å². The molecule has 2 aliphatic heterocycles. The van der Waals surface area contributed by atoms with E-state index in [4.69, 9.17) is 10.2 Å². The van der Waals surface area contributed by atoms with Gasteiger partial charge in [-0.3, -0.25) is 4.79 Å². The van der Waals surface area contributed by atoms with Crippen LogP contribution in [0.4, 0.5) is 38.0 Å². The summed E-state index contributed by atoms with van der Waals surface area (Å²) < 4.78 is 86.5. The number of carboxylic acid groups (broad SMARTS) is 1. The number of aromatic nitrogens is 6. The van der Waals surface area contributed by atoms with E-state index in [0.717, 1.165) is 45.3 Å². The molecule has 2 aliphatic rings. The average molecular weight is 1010 g/mol. The standard InChI is InChI=1S/C23H26F3N5O3.C19H20F3N5O.C4H8O3.2CH4/c1-22(2,33)21(32)30-10-8-15(9-11-30)13-27-19-6-7-20-28-14-18(31(20)29-19)16-4-3-5-17(12-16)34-23(24,25)26;20-19(21,22)28-15-3-1-2-14(10-15)16-12-25-18-5-4-17(26-27(16)18)24-11-13-6-8-23-9-7-13;1-4(2,7)3(5)6;;/h3-7,12,14-15,33H,8-11,13H2,1-2H3,(H,27,29);1-5,10,12-13,23H,6-9,11H2,(H,24,26);7H,1-2H3,(H,5,6);2*1H4. The molecule has 0 bridgehead atoms. The molecule has 4 aromatic heterocycles. The zero-order chi connectivity index (χ0) is 50.1. The van der Waals surface area contributed by atoms with Crippen LogP contribution < -0.4 is 25.4 Å². The molecule has 388 valence electrons. The predicted molar refractivity (Wildman–Crippen MR) is 256 cm³/mol. The number of aliphatic carboxylic acids is 1. The van der Waals surface area contributed by atoms with Crippen LogP contribution in [0.5, 0.6) is 11.5 Å². The summed E-state index contributed by atoms with van der Waals surface area (Å²) in [6, 6.07) is 18.7. The van der Waals surface area contributed by atoms with E-state index in [2.05, 4.69) is 45.6 Å².